The summed E-state index contributed by atoms with van der Waals surface area (Å²) in [7, 11) is 0. The molecule has 4 heteroatoms. The molecular formula is C22H28N2OS. The molecule has 0 bridgehead atoms. The fourth-order valence-corrected chi connectivity index (χ4v) is 4.06. The van der Waals surface area contributed by atoms with Crippen LogP contribution in [0.15, 0.2) is 53.4 Å². The highest BCUT2D eigenvalue weighted by molar-refractivity contribution is 8.00. The van der Waals surface area contributed by atoms with E-state index < -0.39 is 0 Å². The fourth-order valence-electron chi connectivity index (χ4n) is 3.17. The maximum absolute atomic E-state index is 12.3. The normalized spacial score (nSPS) is 15.8. The zero-order chi connectivity index (χ0) is 18.4. The van der Waals surface area contributed by atoms with Crippen molar-refractivity contribution in [3.8, 4) is 0 Å². The lowest BCUT2D eigenvalue weighted by atomic mass is 10.1. The standard InChI is InChI=1S/C22H28N2OS/c1-17-5-11-21(12-6-17)26-18(2)22(25)23-15-19-7-9-20(10-8-19)16-24-13-3-4-14-24/h5-12,18H,3-4,13-16H2,1-2H3,(H,23,25)/t18-/m0/s1. The summed E-state index contributed by atoms with van der Waals surface area (Å²) in [6.45, 7) is 8.08. The lowest BCUT2D eigenvalue weighted by Gasteiger charge is -2.15. The number of likely N-dealkylation sites (tertiary alicyclic amines) is 1. The summed E-state index contributed by atoms with van der Waals surface area (Å²) in [5, 5.41) is 2.95. The van der Waals surface area contributed by atoms with E-state index >= 15 is 0 Å². The number of aryl methyl sites for hydroxylation is 1. The molecule has 1 aliphatic rings. The minimum absolute atomic E-state index is 0.0803. The van der Waals surface area contributed by atoms with Crippen molar-refractivity contribution in [1.82, 2.24) is 10.2 Å². The Hall–Kier alpha value is -1.78. The van der Waals surface area contributed by atoms with Crippen LogP contribution in [-0.2, 0) is 17.9 Å². The third-order valence-electron chi connectivity index (χ3n) is 4.80. The lowest BCUT2D eigenvalue weighted by Crippen LogP contribution is -2.30. The summed E-state index contributed by atoms with van der Waals surface area (Å²) in [4.78, 5) is 16.0. The van der Waals surface area contributed by atoms with Gasteiger partial charge in [0.2, 0.25) is 5.91 Å². The highest BCUT2D eigenvalue weighted by Gasteiger charge is 2.14. The molecule has 1 fully saturated rings. The Balaban J connectivity index is 1.45. The molecule has 2 aromatic rings. The van der Waals surface area contributed by atoms with Gasteiger partial charge < -0.3 is 5.32 Å². The SMILES string of the molecule is Cc1ccc(S[C@@H](C)C(=O)NCc2ccc(CN3CCCC3)cc2)cc1. The van der Waals surface area contributed by atoms with E-state index in [1.54, 1.807) is 11.8 Å². The molecule has 1 saturated heterocycles. The zero-order valence-electron chi connectivity index (χ0n) is 15.7. The van der Waals surface area contributed by atoms with Crippen LogP contribution in [0.1, 0.15) is 36.5 Å². The minimum Gasteiger partial charge on any atom is -0.351 e. The molecule has 0 saturated carbocycles. The number of carbonyl (C=O) groups excluding carboxylic acids is 1. The van der Waals surface area contributed by atoms with Gasteiger partial charge in [-0.3, -0.25) is 9.69 Å². The maximum Gasteiger partial charge on any atom is 0.233 e. The molecule has 3 rings (SSSR count). The Morgan fingerprint density at radius 2 is 1.65 bits per heavy atom. The van der Waals surface area contributed by atoms with Crippen molar-refractivity contribution in [1.29, 1.82) is 0 Å². The van der Waals surface area contributed by atoms with Crippen molar-refractivity contribution in [3.05, 3.63) is 65.2 Å². The van der Waals surface area contributed by atoms with E-state index in [9.17, 15) is 4.79 Å². The largest absolute Gasteiger partial charge is 0.351 e. The van der Waals surface area contributed by atoms with Crippen LogP contribution >= 0.6 is 11.8 Å². The van der Waals surface area contributed by atoms with Gasteiger partial charge in [0.1, 0.15) is 0 Å². The molecule has 1 atom stereocenters. The fraction of sp³-hybridized carbons (Fsp3) is 0.409. The Morgan fingerprint density at radius 1 is 1.04 bits per heavy atom. The van der Waals surface area contributed by atoms with Crippen LogP contribution in [0.25, 0.3) is 0 Å². The molecule has 1 N–H and O–H groups in total. The zero-order valence-corrected chi connectivity index (χ0v) is 16.5. The first-order valence-electron chi connectivity index (χ1n) is 9.41. The van der Waals surface area contributed by atoms with Gasteiger partial charge in [-0.2, -0.15) is 0 Å². The van der Waals surface area contributed by atoms with Crippen LogP contribution in [0.3, 0.4) is 0 Å². The highest BCUT2D eigenvalue weighted by Crippen LogP contribution is 2.23. The number of amides is 1. The Bertz CT molecular complexity index is 706. The Kier molecular flexibility index (Phi) is 6.75. The first-order valence-corrected chi connectivity index (χ1v) is 10.3. The average Bonchev–Trinajstić information content (AvgIpc) is 3.16. The van der Waals surface area contributed by atoms with Gasteiger partial charge in [-0.1, -0.05) is 42.0 Å². The number of hydrogen-bond acceptors (Lipinski definition) is 3. The molecule has 1 amide bonds. The number of benzene rings is 2. The van der Waals surface area contributed by atoms with Crippen molar-refractivity contribution in [2.45, 2.75) is 49.9 Å². The lowest BCUT2D eigenvalue weighted by molar-refractivity contribution is -0.120. The predicted molar refractivity (Wildman–Crippen MR) is 109 cm³/mol. The van der Waals surface area contributed by atoms with E-state index in [0.717, 1.165) is 17.0 Å². The molecule has 138 valence electrons. The first-order chi connectivity index (χ1) is 12.6. The number of rotatable bonds is 7. The quantitative estimate of drug-likeness (QED) is 0.736. The van der Waals surface area contributed by atoms with Crippen LogP contribution in [0.5, 0.6) is 0 Å². The number of nitrogens with one attached hydrogen (secondary N) is 1. The average molecular weight is 369 g/mol. The molecule has 3 nitrogen and oxygen atoms in total. The van der Waals surface area contributed by atoms with Crippen molar-refractivity contribution >= 4 is 17.7 Å². The predicted octanol–water partition coefficient (Wildman–Crippen LogP) is 4.39. The van der Waals surface area contributed by atoms with Crippen molar-refractivity contribution in [3.63, 3.8) is 0 Å². The molecule has 0 aromatic heterocycles. The Labute approximate surface area is 161 Å². The first kappa shape index (κ1) is 19.0. The van der Waals surface area contributed by atoms with Crippen molar-refractivity contribution in [2.75, 3.05) is 13.1 Å². The van der Waals surface area contributed by atoms with Gasteiger partial charge in [0, 0.05) is 18.0 Å². The third kappa shape index (κ3) is 5.61. The topological polar surface area (TPSA) is 32.3 Å². The minimum atomic E-state index is -0.104. The second kappa shape index (κ2) is 9.24. The van der Waals surface area contributed by atoms with E-state index in [2.05, 4.69) is 65.7 Å². The van der Waals surface area contributed by atoms with Gasteiger partial charge in [-0.15, -0.1) is 11.8 Å². The van der Waals surface area contributed by atoms with Gasteiger partial charge in [0.05, 0.1) is 5.25 Å². The number of thioether (sulfide) groups is 1. The van der Waals surface area contributed by atoms with Crippen molar-refractivity contribution < 1.29 is 4.79 Å². The summed E-state index contributed by atoms with van der Waals surface area (Å²) in [5.41, 5.74) is 3.74. The van der Waals surface area contributed by atoms with E-state index in [-0.39, 0.29) is 11.2 Å². The van der Waals surface area contributed by atoms with Crippen LogP contribution in [-0.4, -0.2) is 29.1 Å². The van der Waals surface area contributed by atoms with Crippen LogP contribution < -0.4 is 5.32 Å². The number of hydrogen-bond donors (Lipinski definition) is 1. The molecule has 0 spiro atoms. The summed E-state index contributed by atoms with van der Waals surface area (Å²) in [5.74, 6) is 0.0803. The van der Waals surface area contributed by atoms with E-state index in [1.807, 2.05) is 6.92 Å². The maximum atomic E-state index is 12.3. The monoisotopic (exact) mass is 368 g/mol. The second-order valence-electron chi connectivity index (χ2n) is 7.09. The van der Waals surface area contributed by atoms with Crippen molar-refractivity contribution in [2.24, 2.45) is 0 Å². The molecule has 0 aliphatic carbocycles. The Morgan fingerprint density at radius 3 is 2.31 bits per heavy atom. The van der Waals surface area contributed by atoms with E-state index in [1.165, 1.54) is 37.1 Å². The smallest absolute Gasteiger partial charge is 0.233 e. The van der Waals surface area contributed by atoms with Gasteiger partial charge in [0.25, 0.3) is 0 Å². The van der Waals surface area contributed by atoms with Crippen LogP contribution in [0.2, 0.25) is 0 Å². The number of carbonyl (C=O) groups is 1. The molecule has 0 radical (unpaired) electrons. The van der Waals surface area contributed by atoms with Gasteiger partial charge in [-0.05, 0) is 63.0 Å². The molecule has 26 heavy (non-hydrogen) atoms. The molecule has 1 heterocycles. The number of nitrogens with zero attached hydrogens (tertiary/aromatic N) is 1. The van der Waals surface area contributed by atoms with Gasteiger partial charge in [-0.25, -0.2) is 0 Å². The molecular weight excluding hydrogens is 340 g/mol. The summed E-state index contributed by atoms with van der Waals surface area (Å²) in [6.07, 6.45) is 2.64. The summed E-state index contributed by atoms with van der Waals surface area (Å²) in [6, 6.07) is 16.9. The summed E-state index contributed by atoms with van der Waals surface area (Å²) < 4.78 is 0. The van der Waals surface area contributed by atoms with Gasteiger partial charge in [0.15, 0.2) is 0 Å². The second-order valence-corrected chi connectivity index (χ2v) is 8.50. The third-order valence-corrected chi connectivity index (χ3v) is 5.91. The van der Waals surface area contributed by atoms with E-state index in [0.29, 0.717) is 6.54 Å². The van der Waals surface area contributed by atoms with Gasteiger partial charge >= 0.3 is 0 Å². The molecule has 2 aromatic carbocycles. The van der Waals surface area contributed by atoms with Crippen LogP contribution in [0, 0.1) is 6.92 Å². The molecule has 0 unspecified atom stereocenters. The van der Waals surface area contributed by atoms with E-state index in [4.69, 9.17) is 0 Å². The van der Waals surface area contributed by atoms with Crippen LogP contribution in [0.4, 0.5) is 0 Å². The highest BCUT2D eigenvalue weighted by atomic mass is 32.2. The summed E-state index contributed by atoms with van der Waals surface area (Å²) >= 11 is 1.60. The molecule has 1 aliphatic heterocycles.